The molecule has 1 saturated heterocycles. The first-order valence-corrected chi connectivity index (χ1v) is 11.5. The number of carbonyl (C=O) groups excluding carboxylic acids is 1. The Morgan fingerprint density at radius 2 is 1.58 bits per heavy atom. The second-order valence-corrected chi connectivity index (χ2v) is 9.31. The fourth-order valence-corrected chi connectivity index (χ4v) is 5.20. The molecule has 0 saturated carbocycles. The van der Waals surface area contributed by atoms with Gasteiger partial charge >= 0.3 is 0 Å². The van der Waals surface area contributed by atoms with E-state index in [1.807, 2.05) is 0 Å². The van der Waals surface area contributed by atoms with E-state index >= 15 is 0 Å². The van der Waals surface area contributed by atoms with Crippen molar-refractivity contribution in [3.63, 3.8) is 0 Å². The minimum Gasteiger partial charge on any atom is -0.496 e. The molecule has 0 spiro atoms. The summed E-state index contributed by atoms with van der Waals surface area (Å²) in [6.07, 6.45) is 2.65. The summed E-state index contributed by atoms with van der Waals surface area (Å²) < 4.78 is 43.3. The molecule has 1 aliphatic heterocycles. The molecule has 1 heterocycles. The van der Waals surface area contributed by atoms with Crippen molar-refractivity contribution in [1.82, 2.24) is 4.31 Å². The number of nitrogens with zero attached hydrogens (tertiary/aromatic N) is 1. The second-order valence-electron chi connectivity index (χ2n) is 6.97. The van der Waals surface area contributed by atoms with Crippen molar-refractivity contribution in [1.29, 1.82) is 0 Å². The molecule has 1 N–H and O–H groups in total. The molecular weight excluding hydrogens is 444 g/mol. The van der Waals surface area contributed by atoms with Crippen LogP contribution in [0.2, 0.25) is 5.02 Å². The predicted octanol–water partition coefficient (Wildman–Crippen LogP) is 3.79. The van der Waals surface area contributed by atoms with Crippen LogP contribution in [0.25, 0.3) is 0 Å². The zero-order valence-electron chi connectivity index (χ0n) is 17.6. The van der Waals surface area contributed by atoms with Gasteiger partial charge in [0.1, 0.15) is 17.2 Å². The third kappa shape index (κ3) is 4.89. The number of hydrogen-bond donors (Lipinski definition) is 1. The molecule has 0 bridgehead atoms. The van der Waals surface area contributed by atoms with E-state index in [9.17, 15) is 13.2 Å². The lowest BCUT2D eigenvalue weighted by Crippen LogP contribution is -2.35. The predicted molar refractivity (Wildman–Crippen MR) is 118 cm³/mol. The highest BCUT2D eigenvalue weighted by molar-refractivity contribution is 7.89. The fraction of sp³-hybridized carbons (Fsp3) is 0.381. The van der Waals surface area contributed by atoms with Crippen molar-refractivity contribution in [2.24, 2.45) is 0 Å². The van der Waals surface area contributed by atoms with Crippen LogP contribution in [0.5, 0.6) is 17.2 Å². The molecule has 2 aromatic rings. The highest BCUT2D eigenvalue weighted by atomic mass is 35.5. The van der Waals surface area contributed by atoms with Crippen LogP contribution in [0.15, 0.2) is 35.2 Å². The van der Waals surface area contributed by atoms with Crippen LogP contribution >= 0.6 is 11.6 Å². The Hall–Kier alpha value is -2.49. The molecule has 8 nitrogen and oxygen atoms in total. The molecule has 1 amide bonds. The Labute approximate surface area is 187 Å². The number of methoxy groups -OCH3 is 3. The molecule has 1 aliphatic rings. The summed E-state index contributed by atoms with van der Waals surface area (Å²) in [5, 5.41) is 3.05. The van der Waals surface area contributed by atoms with Crippen molar-refractivity contribution in [3.05, 3.63) is 40.9 Å². The zero-order valence-corrected chi connectivity index (χ0v) is 19.2. The van der Waals surface area contributed by atoms with E-state index in [0.29, 0.717) is 35.3 Å². The molecule has 0 atom stereocenters. The van der Waals surface area contributed by atoms with Crippen LogP contribution in [0.3, 0.4) is 0 Å². The van der Waals surface area contributed by atoms with Gasteiger partial charge in [-0.05, 0) is 31.0 Å². The monoisotopic (exact) mass is 468 g/mol. The Balaban J connectivity index is 1.97. The highest BCUT2D eigenvalue weighted by Crippen LogP contribution is 2.36. The largest absolute Gasteiger partial charge is 0.496 e. The molecule has 31 heavy (non-hydrogen) atoms. The molecule has 168 valence electrons. The van der Waals surface area contributed by atoms with Crippen molar-refractivity contribution >= 4 is 33.2 Å². The number of sulfonamides is 1. The van der Waals surface area contributed by atoms with Gasteiger partial charge in [0.15, 0.2) is 0 Å². The van der Waals surface area contributed by atoms with Gasteiger partial charge in [-0.2, -0.15) is 4.31 Å². The molecule has 2 aromatic carbocycles. The number of nitrogens with one attached hydrogen (secondary N) is 1. The lowest BCUT2D eigenvalue weighted by molar-refractivity contribution is 0.102. The summed E-state index contributed by atoms with van der Waals surface area (Å²) in [6.45, 7) is 0.940. The number of anilines is 1. The first-order chi connectivity index (χ1) is 14.8. The minimum absolute atomic E-state index is 0.0426. The van der Waals surface area contributed by atoms with Crippen molar-refractivity contribution in [3.8, 4) is 17.2 Å². The van der Waals surface area contributed by atoms with Gasteiger partial charge in [0.05, 0.1) is 42.5 Å². The summed E-state index contributed by atoms with van der Waals surface area (Å²) in [4.78, 5) is 13.1. The number of piperidine rings is 1. The molecule has 1 fully saturated rings. The lowest BCUT2D eigenvalue weighted by atomic mass is 10.1. The molecule has 0 aliphatic carbocycles. The molecule has 0 unspecified atom stereocenters. The van der Waals surface area contributed by atoms with Gasteiger partial charge in [0, 0.05) is 25.2 Å². The van der Waals surface area contributed by atoms with Crippen molar-refractivity contribution in [2.75, 3.05) is 39.7 Å². The highest BCUT2D eigenvalue weighted by Gasteiger charge is 2.28. The summed E-state index contributed by atoms with van der Waals surface area (Å²) in [5.41, 5.74) is 0.400. The fourth-order valence-electron chi connectivity index (χ4n) is 3.43. The van der Waals surface area contributed by atoms with E-state index in [-0.39, 0.29) is 16.2 Å². The maximum atomic E-state index is 13.1. The van der Waals surface area contributed by atoms with E-state index in [1.165, 1.54) is 56.0 Å². The summed E-state index contributed by atoms with van der Waals surface area (Å²) in [6, 6.07) is 7.30. The maximum Gasteiger partial charge on any atom is 0.259 e. The van der Waals surface area contributed by atoms with E-state index in [1.54, 1.807) is 0 Å². The van der Waals surface area contributed by atoms with Gasteiger partial charge in [-0.1, -0.05) is 18.0 Å². The third-order valence-electron chi connectivity index (χ3n) is 5.09. The van der Waals surface area contributed by atoms with E-state index in [2.05, 4.69) is 5.32 Å². The number of benzene rings is 2. The normalized spacial score (nSPS) is 14.7. The average molecular weight is 469 g/mol. The van der Waals surface area contributed by atoms with Gasteiger partial charge in [-0.3, -0.25) is 4.79 Å². The zero-order chi connectivity index (χ0) is 22.6. The molecule has 10 heteroatoms. The van der Waals surface area contributed by atoms with Crippen molar-refractivity contribution in [2.45, 2.75) is 24.2 Å². The van der Waals surface area contributed by atoms with Crippen LogP contribution in [0.1, 0.15) is 29.6 Å². The van der Waals surface area contributed by atoms with Gasteiger partial charge in [-0.25, -0.2) is 8.42 Å². The van der Waals surface area contributed by atoms with E-state index in [0.717, 1.165) is 19.3 Å². The van der Waals surface area contributed by atoms with Crippen LogP contribution in [0, 0.1) is 0 Å². The second kappa shape index (κ2) is 9.76. The molecule has 0 radical (unpaired) electrons. The number of rotatable bonds is 7. The maximum absolute atomic E-state index is 13.1. The Bertz CT molecular complexity index is 1070. The first kappa shape index (κ1) is 23.2. The topological polar surface area (TPSA) is 94.2 Å². The number of amides is 1. The average Bonchev–Trinajstić information content (AvgIpc) is 2.79. The molecule has 0 aromatic heterocycles. The summed E-state index contributed by atoms with van der Waals surface area (Å²) in [5.74, 6) is 0.367. The van der Waals surface area contributed by atoms with Crippen LogP contribution in [0.4, 0.5) is 5.69 Å². The third-order valence-corrected chi connectivity index (χ3v) is 7.28. The van der Waals surface area contributed by atoms with Gasteiger partial charge < -0.3 is 19.5 Å². The Morgan fingerprint density at radius 3 is 2.19 bits per heavy atom. The van der Waals surface area contributed by atoms with Crippen LogP contribution < -0.4 is 19.5 Å². The van der Waals surface area contributed by atoms with E-state index < -0.39 is 15.9 Å². The van der Waals surface area contributed by atoms with Crippen LogP contribution in [-0.2, 0) is 10.0 Å². The smallest absolute Gasteiger partial charge is 0.259 e. The van der Waals surface area contributed by atoms with Gasteiger partial charge in [0.25, 0.3) is 5.91 Å². The summed E-state index contributed by atoms with van der Waals surface area (Å²) >= 11 is 6.12. The standard InChI is InChI=1S/C21H25ClN2O6S/c1-28-18-8-7-14(31(26,27)24-9-5-4-6-10-24)11-15(18)21(25)23-17-13-19(29-2)16(22)12-20(17)30-3/h7-8,11-13H,4-6,9-10H2,1-3H3,(H,23,25). The first-order valence-electron chi connectivity index (χ1n) is 9.73. The van der Waals surface area contributed by atoms with E-state index in [4.69, 9.17) is 25.8 Å². The number of carbonyl (C=O) groups is 1. The lowest BCUT2D eigenvalue weighted by Gasteiger charge is -2.26. The quantitative estimate of drug-likeness (QED) is 0.664. The summed E-state index contributed by atoms with van der Waals surface area (Å²) in [7, 11) is 0.604. The van der Waals surface area contributed by atoms with Crippen LogP contribution in [-0.4, -0.2) is 53.0 Å². The van der Waals surface area contributed by atoms with Gasteiger partial charge in [-0.15, -0.1) is 0 Å². The molecule has 3 rings (SSSR count). The Kier molecular flexibility index (Phi) is 7.30. The Morgan fingerprint density at radius 1 is 0.935 bits per heavy atom. The van der Waals surface area contributed by atoms with Crippen molar-refractivity contribution < 1.29 is 27.4 Å². The minimum atomic E-state index is -3.71. The van der Waals surface area contributed by atoms with Gasteiger partial charge in [0.2, 0.25) is 10.0 Å². The number of ether oxygens (including phenoxy) is 3. The SMILES string of the molecule is COc1cc(NC(=O)c2cc(S(=O)(=O)N3CCCCC3)ccc2OC)c(OC)cc1Cl. The number of halogens is 1. The molecular formula is C21H25ClN2O6S. The number of hydrogen-bond acceptors (Lipinski definition) is 6.